The second-order valence-corrected chi connectivity index (χ2v) is 6.62. The van der Waals surface area contributed by atoms with E-state index in [1.807, 2.05) is 11.3 Å². The maximum absolute atomic E-state index is 4.79. The summed E-state index contributed by atoms with van der Waals surface area (Å²) in [7, 11) is 0. The second-order valence-electron chi connectivity index (χ2n) is 5.73. The maximum atomic E-state index is 4.79. The van der Waals surface area contributed by atoms with E-state index in [1.54, 1.807) is 0 Å². The highest BCUT2D eigenvalue weighted by atomic mass is 32.1. The summed E-state index contributed by atoms with van der Waals surface area (Å²) < 4.78 is 0. The molecule has 0 spiro atoms. The number of hydrogen-bond donors (Lipinski definition) is 1. The Hall–Kier alpha value is -0.450. The van der Waals surface area contributed by atoms with E-state index in [2.05, 4.69) is 36.4 Å². The van der Waals surface area contributed by atoms with Crippen LogP contribution < -0.4 is 5.32 Å². The van der Waals surface area contributed by atoms with Gasteiger partial charge < -0.3 is 10.2 Å². The molecule has 1 aromatic rings. The standard InChI is InChI=1S/C14H25N3S/c1-11(2)8-13-10-18-14(16-13)12(3)9-17-6-4-15-5-7-17/h10-12,15H,4-9H2,1-3H3. The Morgan fingerprint density at radius 2 is 2.06 bits per heavy atom. The lowest BCUT2D eigenvalue weighted by Gasteiger charge is -2.29. The van der Waals surface area contributed by atoms with Crippen LogP contribution in [-0.4, -0.2) is 42.6 Å². The van der Waals surface area contributed by atoms with E-state index >= 15 is 0 Å². The summed E-state index contributed by atoms with van der Waals surface area (Å²) in [6, 6.07) is 0. The molecular weight excluding hydrogens is 242 g/mol. The molecule has 0 radical (unpaired) electrons. The van der Waals surface area contributed by atoms with Gasteiger partial charge in [0.15, 0.2) is 0 Å². The van der Waals surface area contributed by atoms with Gasteiger partial charge in [-0.3, -0.25) is 0 Å². The summed E-state index contributed by atoms with van der Waals surface area (Å²) >= 11 is 1.83. The smallest absolute Gasteiger partial charge is 0.0969 e. The van der Waals surface area contributed by atoms with Crippen LogP contribution in [0.1, 0.15) is 37.4 Å². The van der Waals surface area contributed by atoms with Gasteiger partial charge in [0.2, 0.25) is 0 Å². The van der Waals surface area contributed by atoms with Crippen molar-refractivity contribution in [3.05, 3.63) is 16.1 Å². The molecule has 0 saturated carbocycles. The number of piperazine rings is 1. The van der Waals surface area contributed by atoms with Gasteiger partial charge in [-0.1, -0.05) is 20.8 Å². The highest BCUT2D eigenvalue weighted by Gasteiger charge is 2.16. The van der Waals surface area contributed by atoms with Crippen molar-refractivity contribution in [3.8, 4) is 0 Å². The number of hydrogen-bond acceptors (Lipinski definition) is 4. The predicted octanol–water partition coefficient (Wildman–Crippen LogP) is 2.35. The fraction of sp³-hybridized carbons (Fsp3) is 0.786. The van der Waals surface area contributed by atoms with E-state index in [0.717, 1.165) is 26.1 Å². The second kappa shape index (κ2) is 6.64. The molecule has 1 fully saturated rings. The summed E-state index contributed by atoms with van der Waals surface area (Å²) in [5.74, 6) is 1.26. The normalized spacial score (nSPS) is 19.3. The Kier molecular flexibility index (Phi) is 5.15. The highest BCUT2D eigenvalue weighted by molar-refractivity contribution is 7.09. The molecule has 1 aliphatic rings. The van der Waals surface area contributed by atoms with Gasteiger partial charge in [-0.05, 0) is 12.3 Å². The molecule has 1 aromatic heterocycles. The molecule has 1 N–H and O–H groups in total. The molecule has 102 valence electrons. The van der Waals surface area contributed by atoms with Gasteiger partial charge in [0.05, 0.1) is 10.7 Å². The summed E-state index contributed by atoms with van der Waals surface area (Å²) in [4.78, 5) is 7.34. The fourth-order valence-corrected chi connectivity index (χ4v) is 3.30. The summed E-state index contributed by atoms with van der Waals surface area (Å²) in [5.41, 5.74) is 1.28. The number of nitrogens with zero attached hydrogens (tertiary/aromatic N) is 2. The van der Waals surface area contributed by atoms with E-state index in [4.69, 9.17) is 4.98 Å². The summed E-state index contributed by atoms with van der Waals surface area (Å²) in [6.45, 7) is 12.6. The molecule has 0 amide bonds. The predicted molar refractivity (Wildman–Crippen MR) is 78.4 cm³/mol. The first-order chi connectivity index (χ1) is 8.65. The Labute approximate surface area is 115 Å². The number of rotatable bonds is 5. The van der Waals surface area contributed by atoms with Crippen molar-refractivity contribution >= 4 is 11.3 Å². The van der Waals surface area contributed by atoms with Crippen molar-refractivity contribution in [1.82, 2.24) is 15.2 Å². The van der Waals surface area contributed by atoms with Crippen LogP contribution in [0.25, 0.3) is 0 Å². The topological polar surface area (TPSA) is 28.2 Å². The Morgan fingerprint density at radius 1 is 1.33 bits per heavy atom. The van der Waals surface area contributed by atoms with Crippen molar-refractivity contribution < 1.29 is 0 Å². The molecule has 0 aliphatic carbocycles. The van der Waals surface area contributed by atoms with Gasteiger partial charge in [-0.15, -0.1) is 11.3 Å². The van der Waals surface area contributed by atoms with Crippen molar-refractivity contribution in [2.24, 2.45) is 5.92 Å². The molecule has 1 aliphatic heterocycles. The number of nitrogens with one attached hydrogen (secondary N) is 1. The van der Waals surface area contributed by atoms with Gasteiger partial charge in [0.1, 0.15) is 0 Å². The molecule has 1 saturated heterocycles. The van der Waals surface area contributed by atoms with Crippen molar-refractivity contribution in [1.29, 1.82) is 0 Å². The molecule has 2 heterocycles. The first-order valence-electron chi connectivity index (χ1n) is 7.02. The van der Waals surface area contributed by atoms with Crippen LogP contribution in [0.2, 0.25) is 0 Å². The average molecular weight is 267 g/mol. The number of thiazole rings is 1. The van der Waals surface area contributed by atoms with E-state index in [1.165, 1.54) is 23.8 Å². The minimum atomic E-state index is 0.564. The molecule has 0 aromatic carbocycles. The van der Waals surface area contributed by atoms with Gasteiger partial charge in [0, 0.05) is 44.0 Å². The van der Waals surface area contributed by atoms with E-state index in [-0.39, 0.29) is 0 Å². The third kappa shape index (κ3) is 4.04. The Bertz CT molecular complexity index is 356. The Morgan fingerprint density at radius 3 is 2.72 bits per heavy atom. The van der Waals surface area contributed by atoms with Crippen LogP contribution in [-0.2, 0) is 6.42 Å². The third-order valence-corrected chi connectivity index (χ3v) is 4.48. The van der Waals surface area contributed by atoms with Crippen LogP contribution in [0.3, 0.4) is 0 Å². The molecule has 18 heavy (non-hydrogen) atoms. The first-order valence-corrected chi connectivity index (χ1v) is 7.90. The van der Waals surface area contributed by atoms with Crippen LogP contribution in [0.4, 0.5) is 0 Å². The van der Waals surface area contributed by atoms with E-state index in [0.29, 0.717) is 11.8 Å². The summed E-state index contributed by atoms with van der Waals surface area (Å²) in [5, 5.41) is 6.95. The molecule has 2 rings (SSSR count). The highest BCUT2D eigenvalue weighted by Crippen LogP contribution is 2.22. The van der Waals surface area contributed by atoms with Crippen LogP contribution in [0, 0.1) is 5.92 Å². The SMILES string of the molecule is CC(C)Cc1csc(C(C)CN2CCNCC2)n1. The lowest BCUT2D eigenvalue weighted by molar-refractivity contribution is 0.230. The minimum absolute atomic E-state index is 0.564. The van der Waals surface area contributed by atoms with E-state index < -0.39 is 0 Å². The molecule has 0 bridgehead atoms. The van der Waals surface area contributed by atoms with Crippen LogP contribution in [0.5, 0.6) is 0 Å². The molecule has 1 unspecified atom stereocenters. The zero-order valence-corrected chi connectivity index (χ0v) is 12.6. The Balaban J connectivity index is 1.87. The largest absolute Gasteiger partial charge is 0.314 e. The monoisotopic (exact) mass is 267 g/mol. The maximum Gasteiger partial charge on any atom is 0.0969 e. The van der Waals surface area contributed by atoms with Crippen molar-refractivity contribution in [3.63, 3.8) is 0 Å². The first kappa shape index (κ1) is 14.0. The van der Waals surface area contributed by atoms with Gasteiger partial charge >= 0.3 is 0 Å². The average Bonchev–Trinajstić information content (AvgIpc) is 2.78. The zero-order chi connectivity index (χ0) is 13.0. The quantitative estimate of drug-likeness (QED) is 0.887. The molecular formula is C14H25N3S. The van der Waals surface area contributed by atoms with Crippen molar-refractivity contribution in [2.45, 2.75) is 33.1 Å². The fourth-order valence-electron chi connectivity index (χ4n) is 2.42. The number of aromatic nitrogens is 1. The van der Waals surface area contributed by atoms with Gasteiger partial charge in [-0.2, -0.15) is 0 Å². The van der Waals surface area contributed by atoms with Crippen LogP contribution >= 0.6 is 11.3 Å². The lowest BCUT2D eigenvalue weighted by Crippen LogP contribution is -2.44. The molecule has 4 heteroatoms. The van der Waals surface area contributed by atoms with Crippen molar-refractivity contribution in [2.75, 3.05) is 32.7 Å². The lowest BCUT2D eigenvalue weighted by atomic mass is 10.1. The van der Waals surface area contributed by atoms with E-state index in [9.17, 15) is 0 Å². The molecule has 1 atom stereocenters. The zero-order valence-electron chi connectivity index (χ0n) is 11.8. The van der Waals surface area contributed by atoms with Gasteiger partial charge in [0.25, 0.3) is 0 Å². The minimum Gasteiger partial charge on any atom is -0.314 e. The summed E-state index contributed by atoms with van der Waals surface area (Å²) in [6.07, 6.45) is 1.11. The third-order valence-electron chi connectivity index (χ3n) is 3.35. The molecule has 3 nitrogen and oxygen atoms in total. The van der Waals surface area contributed by atoms with Gasteiger partial charge in [-0.25, -0.2) is 4.98 Å². The van der Waals surface area contributed by atoms with Crippen LogP contribution in [0.15, 0.2) is 5.38 Å².